The van der Waals surface area contributed by atoms with Crippen molar-refractivity contribution in [1.29, 1.82) is 0 Å². The molecule has 1 unspecified atom stereocenters. The number of hydrazine groups is 1. The van der Waals surface area contributed by atoms with Crippen molar-refractivity contribution in [3.8, 4) is 11.5 Å². The molecule has 1 aliphatic heterocycles. The van der Waals surface area contributed by atoms with Gasteiger partial charge in [0.2, 0.25) is 11.8 Å². The summed E-state index contributed by atoms with van der Waals surface area (Å²) < 4.78 is 5.91. The van der Waals surface area contributed by atoms with Gasteiger partial charge in [0.15, 0.2) is 5.58 Å². The average molecular weight is 534 g/mol. The van der Waals surface area contributed by atoms with Crippen LogP contribution in [-0.2, 0) is 4.79 Å². The zero-order chi connectivity index (χ0) is 27.5. The number of carbonyl (C=O) groups is 2. The second-order valence-corrected chi connectivity index (χ2v) is 10.2. The summed E-state index contributed by atoms with van der Waals surface area (Å²) in [5.74, 6) is 6.80. The Morgan fingerprint density at radius 2 is 1.90 bits per heavy atom. The molecule has 2 fully saturated rings. The van der Waals surface area contributed by atoms with Crippen LogP contribution in [-0.4, -0.2) is 81.8 Å². The maximum absolute atomic E-state index is 13.4. The van der Waals surface area contributed by atoms with Crippen molar-refractivity contribution >= 4 is 34.4 Å². The predicted octanol–water partition coefficient (Wildman–Crippen LogP) is 2.24. The first-order chi connectivity index (χ1) is 18.8. The third-order valence-corrected chi connectivity index (χ3v) is 7.35. The van der Waals surface area contributed by atoms with Crippen molar-refractivity contribution in [1.82, 2.24) is 24.9 Å². The van der Waals surface area contributed by atoms with Gasteiger partial charge in [-0.2, -0.15) is 0 Å². The van der Waals surface area contributed by atoms with Gasteiger partial charge in [0, 0.05) is 57.6 Å². The lowest BCUT2D eigenvalue weighted by molar-refractivity contribution is -0.114. The number of amidine groups is 1. The topological polar surface area (TPSA) is 159 Å². The van der Waals surface area contributed by atoms with Crippen molar-refractivity contribution in [2.75, 3.05) is 38.5 Å². The fourth-order valence-electron chi connectivity index (χ4n) is 5.62. The molecule has 2 aliphatic rings. The number of hydrazone groups is 1. The molecular formula is C27H35N9O3. The number of nitrogens with zero attached hydrogens (tertiary/aromatic N) is 6. The molecule has 5 rings (SSSR count). The largest absolute Gasteiger partial charge is 0.436 e. The monoisotopic (exact) mass is 533 g/mol. The van der Waals surface area contributed by atoms with Crippen molar-refractivity contribution in [3.63, 3.8) is 0 Å². The van der Waals surface area contributed by atoms with E-state index < -0.39 is 0 Å². The fraction of sp³-hybridized carbons (Fsp3) is 0.444. The van der Waals surface area contributed by atoms with E-state index in [1.807, 2.05) is 4.90 Å². The maximum atomic E-state index is 13.4. The number of nitrogens with one attached hydrogen (secondary N) is 1. The number of nitrogens with two attached hydrogens (primary N) is 2. The second kappa shape index (κ2) is 11.4. The molecule has 206 valence electrons. The summed E-state index contributed by atoms with van der Waals surface area (Å²) in [6.45, 7) is 3.97. The molecule has 3 aromatic rings. The van der Waals surface area contributed by atoms with Gasteiger partial charge in [-0.1, -0.05) is 12.8 Å². The van der Waals surface area contributed by atoms with Crippen LogP contribution in [0.4, 0.5) is 5.69 Å². The number of pyridine rings is 1. The van der Waals surface area contributed by atoms with Crippen molar-refractivity contribution in [2.24, 2.45) is 22.6 Å². The lowest BCUT2D eigenvalue weighted by Crippen LogP contribution is -2.57. The molecule has 0 radical (unpaired) electrons. The van der Waals surface area contributed by atoms with Crippen molar-refractivity contribution in [2.45, 2.75) is 38.6 Å². The van der Waals surface area contributed by atoms with Gasteiger partial charge in [0.25, 0.3) is 5.91 Å². The zero-order valence-corrected chi connectivity index (χ0v) is 22.3. The third kappa shape index (κ3) is 6.02. The van der Waals surface area contributed by atoms with Gasteiger partial charge in [0.1, 0.15) is 17.0 Å². The minimum Gasteiger partial charge on any atom is -0.436 e. The highest BCUT2D eigenvalue weighted by molar-refractivity contribution is 5.94. The van der Waals surface area contributed by atoms with Crippen LogP contribution in [0.15, 0.2) is 46.0 Å². The Hall–Kier alpha value is -4.03. The van der Waals surface area contributed by atoms with E-state index >= 15 is 0 Å². The molecule has 1 saturated heterocycles. The van der Waals surface area contributed by atoms with Gasteiger partial charge in [-0.15, -0.1) is 5.10 Å². The van der Waals surface area contributed by atoms with Gasteiger partial charge in [-0.05, 0) is 49.1 Å². The zero-order valence-electron chi connectivity index (χ0n) is 22.3. The summed E-state index contributed by atoms with van der Waals surface area (Å²) in [6, 6.07) is 8.74. The third-order valence-electron chi connectivity index (χ3n) is 7.35. The van der Waals surface area contributed by atoms with Crippen LogP contribution in [0, 0.1) is 5.92 Å². The van der Waals surface area contributed by atoms with Crippen molar-refractivity contribution < 1.29 is 14.0 Å². The minimum absolute atomic E-state index is 0.0162. The van der Waals surface area contributed by atoms with E-state index in [0.717, 1.165) is 12.8 Å². The van der Waals surface area contributed by atoms with E-state index in [2.05, 4.69) is 25.3 Å². The van der Waals surface area contributed by atoms with Crippen LogP contribution in [0.25, 0.3) is 22.6 Å². The second-order valence-electron chi connectivity index (χ2n) is 10.2. The molecule has 3 heterocycles. The number of oxazole rings is 1. The molecule has 1 aliphatic carbocycles. The lowest BCUT2D eigenvalue weighted by Gasteiger charge is -2.41. The van der Waals surface area contributed by atoms with E-state index in [-0.39, 0.29) is 17.9 Å². The first-order valence-corrected chi connectivity index (χ1v) is 13.3. The first-order valence-electron chi connectivity index (χ1n) is 13.3. The van der Waals surface area contributed by atoms with Gasteiger partial charge in [-0.3, -0.25) is 19.5 Å². The molecule has 12 heteroatoms. The lowest BCUT2D eigenvalue weighted by atomic mass is 9.95. The summed E-state index contributed by atoms with van der Waals surface area (Å²) in [6.07, 6.45) is 6.23. The molecule has 39 heavy (non-hydrogen) atoms. The predicted molar refractivity (Wildman–Crippen MR) is 148 cm³/mol. The summed E-state index contributed by atoms with van der Waals surface area (Å²) in [7, 11) is 1.67. The first kappa shape index (κ1) is 26.6. The molecule has 2 aromatic heterocycles. The van der Waals surface area contributed by atoms with Gasteiger partial charge in [0.05, 0.1) is 6.04 Å². The Labute approximate surface area is 227 Å². The van der Waals surface area contributed by atoms with Gasteiger partial charge >= 0.3 is 0 Å². The highest BCUT2D eigenvalue weighted by Gasteiger charge is 2.35. The van der Waals surface area contributed by atoms with Crippen LogP contribution in [0.3, 0.4) is 0 Å². The standard InChI is InChI=1S/C27H35N9O3/c1-17(37)31-20-7-8-23-21(16-20)32-26(39-23)19-9-10-30-22(15-19)27(38)36-13-11-35(12-14-36)24(18-5-3-4-6-18)25(28)33-34(2)29/h7-10,15-16,18,24H,3-6,11-14,29H2,1-2H3,(H2,28,33)(H,31,37). The molecular weight excluding hydrogens is 498 g/mol. The maximum Gasteiger partial charge on any atom is 0.272 e. The Kier molecular flexibility index (Phi) is 7.75. The van der Waals surface area contributed by atoms with E-state index in [0.29, 0.717) is 71.9 Å². The van der Waals surface area contributed by atoms with Crippen LogP contribution in [0.2, 0.25) is 0 Å². The Morgan fingerprint density at radius 1 is 1.15 bits per heavy atom. The normalized spacial score (nSPS) is 17.9. The highest BCUT2D eigenvalue weighted by atomic mass is 16.3. The number of carbonyl (C=O) groups excluding carboxylic acids is 2. The SMILES string of the molecule is CC(=O)Nc1ccc2oc(-c3ccnc(C(=O)N4CCN(C(/C(N)=N/N(C)N)C5CCCC5)CC4)c3)nc2c1. The van der Waals surface area contributed by atoms with Crippen LogP contribution >= 0.6 is 0 Å². The number of rotatable bonds is 7. The minimum atomic E-state index is -0.162. The quantitative estimate of drug-likeness (QED) is 0.179. The van der Waals surface area contributed by atoms with Crippen LogP contribution in [0.1, 0.15) is 43.1 Å². The number of benzene rings is 1. The Bertz CT molecular complexity index is 1370. The average Bonchev–Trinajstić information content (AvgIpc) is 3.58. The summed E-state index contributed by atoms with van der Waals surface area (Å²) in [5.41, 5.74) is 9.22. The molecule has 2 amide bonds. The summed E-state index contributed by atoms with van der Waals surface area (Å²) in [4.78, 5) is 37.8. The molecule has 12 nitrogen and oxygen atoms in total. The Morgan fingerprint density at radius 3 is 2.59 bits per heavy atom. The van der Waals surface area contributed by atoms with E-state index in [1.165, 1.54) is 24.9 Å². The molecule has 1 atom stereocenters. The Balaban J connectivity index is 1.28. The van der Waals surface area contributed by atoms with E-state index in [4.69, 9.17) is 16.0 Å². The molecule has 1 saturated carbocycles. The number of piperazine rings is 1. The van der Waals surface area contributed by atoms with Crippen LogP contribution < -0.4 is 16.9 Å². The molecule has 5 N–H and O–H groups in total. The number of anilines is 1. The van der Waals surface area contributed by atoms with E-state index in [9.17, 15) is 9.59 Å². The molecule has 0 spiro atoms. The number of hydrogen-bond donors (Lipinski definition) is 3. The van der Waals surface area contributed by atoms with Gasteiger partial charge < -0.3 is 20.4 Å². The van der Waals surface area contributed by atoms with Gasteiger partial charge in [-0.25, -0.2) is 15.9 Å². The molecule has 0 bridgehead atoms. The number of amides is 2. The molecule has 1 aromatic carbocycles. The smallest absolute Gasteiger partial charge is 0.272 e. The van der Waals surface area contributed by atoms with Crippen LogP contribution in [0.5, 0.6) is 0 Å². The number of fused-ring (bicyclic) bond motifs is 1. The fourth-order valence-corrected chi connectivity index (χ4v) is 5.62. The number of aromatic nitrogens is 2. The highest BCUT2D eigenvalue weighted by Crippen LogP contribution is 2.31. The van der Waals surface area contributed by atoms with E-state index in [1.54, 1.807) is 43.6 Å². The summed E-state index contributed by atoms with van der Waals surface area (Å²) in [5, 5.41) is 8.31. The number of hydrogen-bond acceptors (Lipinski definition) is 9. The van der Waals surface area contributed by atoms with Crippen molar-refractivity contribution in [3.05, 3.63) is 42.2 Å². The summed E-state index contributed by atoms with van der Waals surface area (Å²) >= 11 is 0.